The molecular formula is C34H47Cl2N7O4. The lowest BCUT2D eigenvalue weighted by Gasteiger charge is -2.32. The van der Waals surface area contributed by atoms with E-state index in [1.165, 1.54) is 0 Å². The van der Waals surface area contributed by atoms with Crippen LogP contribution in [-0.4, -0.2) is 104 Å². The number of carbonyl (C=O) groups excluding carboxylic acids is 2. The smallest absolute Gasteiger partial charge is 0.239 e. The minimum atomic E-state index is 0.0149. The van der Waals surface area contributed by atoms with Crippen LogP contribution in [0, 0.1) is 11.8 Å². The average molecular weight is 689 g/mol. The van der Waals surface area contributed by atoms with Gasteiger partial charge in [-0.15, -0.1) is 0 Å². The van der Waals surface area contributed by atoms with Crippen LogP contribution in [0.2, 0.25) is 10.0 Å². The van der Waals surface area contributed by atoms with Crippen molar-refractivity contribution < 1.29 is 19.4 Å². The van der Waals surface area contributed by atoms with Crippen molar-refractivity contribution >= 4 is 47.5 Å². The topological polar surface area (TPSA) is 132 Å². The monoisotopic (exact) mass is 687 g/mol. The minimum Gasteiger partial charge on any atom is -0.419 e. The second-order valence-corrected chi connectivity index (χ2v) is 12.5. The maximum atomic E-state index is 11.3. The number of ether oxygens (including phenoxy) is 1. The number of nitrogens with zero attached hydrogens (tertiary/aromatic N) is 5. The molecule has 2 aromatic rings. The number of aliphatic hydroxyl groups excluding tert-OH is 1. The van der Waals surface area contributed by atoms with Crippen molar-refractivity contribution in [2.45, 2.75) is 39.7 Å². The Hall–Kier alpha value is -3.35. The summed E-state index contributed by atoms with van der Waals surface area (Å²) < 4.78 is 6.24. The SMILES string of the molecule is CC(=O)NCC1CCN(Cc2cc(OC3=N/C=C/NCCN(CCC(C)C=O)CCN=C3)nc(-c3cc(Cl)cc(Cl)c3)c2)CC1.CO. The second kappa shape index (κ2) is 20.8. The van der Waals surface area contributed by atoms with Gasteiger partial charge in [0.25, 0.3) is 0 Å². The maximum absolute atomic E-state index is 11.3. The average Bonchev–Trinajstić information content (AvgIpc) is 3.05. The maximum Gasteiger partial charge on any atom is 0.239 e. The van der Waals surface area contributed by atoms with Gasteiger partial charge < -0.3 is 25.3 Å². The standard InChI is InChI=1S/C33H43Cl2N7O3.CH4O/c1-24(23-43)3-10-41-13-8-36-6-7-38-33(21-37-9-14-41)45-32-16-27(15-31(40-32)28-17-29(34)19-30(35)18-28)22-42-11-4-26(5-12-42)20-39-25(2)44;1-2/h6-7,15-19,21,23-24,26,36H,3-5,8-14,20,22H2,1-2H3,(H,39,44);2H,1H3/b7-6+,37-21?,38-33?;. The quantitative estimate of drug-likeness (QED) is 0.312. The Labute approximate surface area is 288 Å². The number of aromatic nitrogens is 1. The van der Waals surface area contributed by atoms with E-state index in [1.807, 2.05) is 31.2 Å². The highest BCUT2D eigenvalue weighted by Gasteiger charge is 2.20. The molecule has 1 atom stereocenters. The van der Waals surface area contributed by atoms with E-state index in [0.29, 0.717) is 40.0 Å². The van der Waals surface area contributed by atoms with Crippen LogP contribution >= 0.6 is 23.2 Å². The van der Waals surface area contributed by atoms with E-state index in [4.69, 9.17) is 38.0 Å². The number of amides is 1. The van der Waals surface area contributed by atoms with E-state index in [-0.39, 0.29) is 11.8 Å². The molecule has 0 bridgehead atoms. The lowest BCUT2D eigenvalue weighted by Crippen LogP contribution is -2.37. The van der Waals surface area contributed by atoms with E-state index in [1.54, 1.807) is 31.6 Å². The minimum absolute atomic E-state index is 0.0149. The van der Waals surface area contributed by atoms with Gasteiger partial charge in [-0.25, -0.2) is 9.98 Å². The molecule has 0 spiro atoms. The Kier molecular flexibility index (Phi) is 16.9. The van der Waals surface area contributed by atoms with Crippen molar-refractivity contribution in [3.05, 3.63) is 58.3 Å². The molecule has 4 rings (SSSR count). The molecule has 1 aromatic carbocycles. The van der Waals surface area contributed by atoms with Crippen molar-refractivity contribution in [3.8, 4) is 17.1 Å². The van der Waals surface area contributed by atoms with Gasteiger partial charge in [0.05, 0.1) is 18.5 Å². The van der Waals surface area contributed by atoms with Gasteiger partial charge in [-0.3, -0.25) is 19.6 Å². The Morgan fingerprint density at radius 3 is 2.55 bits per heavy atom. The fourth-order valence-corrected chi connectivity index (χ4v) is 5.77. The number of rotatable bonds is 10. The molecule has 0 saturated carbocycles. The van der Waals surface area contributed by atoms with Crippen LogP contribution in [0.3, 0.4) is 0 Å². The third-order valence-corrected chi connectivity index (χ3v) is 8.27. The van der Waals surface area contributed by atoms with Crippen LogP contribution in [0.4, 0.5) is 0 Å². The van der Waals surface area contributed by atoms with Gasteiger partial charge in [0.2, 0.25) is 17.7 Å². The Bertz CT molecular complexity index is 1360. The van der Waals surface area contributed by atoms with Gasteiger partial charge in [-0.1, -0.05) is 30.1 Å². The molecular weight excluding hydrogens is 641 g/mol. The summed E-state index contributed by atoms with van der Waals surface area (Å²) in [5, 5.41) is 14.3. The number of nitrogens with one attached hydrogen (secondary N) is 2. The Balaban J connectivity index is 0.00000294. The summed E-state index contributed by atoms with van der Waals surface area (Å²) in [6.45, 7) is 10.6. The highest BCUT2D eigenvalue weighted by molar-refractivity contribution is 6.35. The summed E-state index contributed by atoms with van der Waals surface area (Å²) in [6.07, 6.45) is 8.92. The van der Waals surface area contributed by atoms with E-state index >= 15 is 0 Å². The molecule has 1 unspecified atom stereocenters. The van der Waals surface area contributed by atoms with Crippen LogP contribution < -0.4 is 15.4 Å². The zero-order valence-corrected chi connectivity index (χ0v) is 29.0. The fraction of sp³-hybridized carbons (Fsp3) is 0.500. The lowest BCUT2D eigenvalue weighted by molar-refractivity contribution is -0.119. The van der Waals surface area contributed by atoms with Crippen molar-refractivity contribution in [2.24, 2.45) is 21.8 Å². The fourth-order valence-electron chi connectivity index (χ4n) is 5.24. The molecule has 256 valence electrons. The number of hydrogen-bond acceptors (Lipinski definition) is 10. The predicted octanol–water partition coefficient (Wildman–Crippen LogP) is 4.46. The molecule has 11 nitrogen and oxygen atoms in total. The third kappa shape index (κ3) is 14.1. The second-order valence-electron chi connectivity index (χ2n) is 11.6. The van der Waals surface area contributed by atoms with Gasteiger partial charge in [0.15, 0.2) is 0 Å². The van der Waals surface area contributed by atoms with Gasteiger partial charge in [0.1, 0.15) is 6.29 Å². The summed E-state index contributed by atoms with van der Waals surface area (Å²) >= 11 is 12.7. The van der Waals surface area contributed by atoms with Gasteiger partial charge in [0, 0.05) is 86.8 Å². The molecule has 2 aliphatic rings. The van der Waals surface area contributed by atoms with Crippen LogP contribution in [0.15, 0.2) is 52.7 Å². The molecule has 1 fully saturated rings. The van der Waals surface area contributed by atoms with Crippen molar-refractivity contribution in [1.29, 1.82) is 0 Å². The van der Waals surface area contributed by atoms with Crippen LogP contribution in [0.25, 0.3) is 11.3 Å². The summed E-state index contributed by atoms with van der Waals surface area (Å²) in [4.78, 5) is 41.0. The van der Waals surface area contributed by atoms with E-state index in [0.717, 1.165) is 96.1 Å². The molecule has 1 amide bonds. The van der Waals surface area contributed by atoms with Gasteiger partial charge in [-0.05, 0) is 74.6 Å². The first kappa shape index (κ1) is 38.1. The van der Waals surface area contributed by atoms with Gasteiger partial charge in [-0.2, -0.15) is 0 Å². The number of aliphatic hydroxyl groups is 1. The Morgan fingerprint density at radius 2 is 1.85 bits per heavy atom. The number of likely N-dealkylation sites (tertiary alicyclic amines) is 1. The first-order chi connectivity index (χ1) is 22.8. The largest absolute Gasteiger partial charge is 0.419 e. The van der Waals surface area contributed by atoms with Crippen molar-refractivity contribution in [1.82, 2.24) is 25.4 Å². The van der Waals surface area contributed by atoms with Crippen LogP contribution in [0.5, 0.6) is 5.88 Å². The highest BCUT2D eigenvalue weighted by Crippen LogP contribution is 2.29. The van der Waals surface area contributed by atoms with Crippen LogP contribution in [0.1, 0.15) is 38.7 Å². The molecule has 47 heavy (non-hydrogen) atoms. The molecule has 0 radical (unpaired) electrons. The summed E-state index contributed by atoms with van der Waals surface area (Å²) in [5.74, 6) is 1.24. The van der Waals surface area contributed by atoms with E-state index < -0.39 is 0 Å². The number of piperidine rings is 1. The summed E-state index contributed by atoms with van der Waals surface area (Å²) in [7, 11) is 1.00. The number of halogens is 2. The summed E-state index contributed by atoms with van der Waals surface area (Å²) in [5.41, 5.74) is 2.51. The highest BCUT2D eigenvalue weighted by atomic mass is 35.5. The first-order valence-electron chi connectivity index (χ1n) is 16.0. The Morgan fingerprint density at radius 1 is 1.11 bits per heavy atom. The number of carbonyl (C=O) groups is 2. The molecule has 3 heterocycles. The van der Waals surface area contributed by atoms with Crippen molar-refractivity contribution in [3.63, 3.8) is 0 Å². The number of aldehydes is 1. The molecule has 13 heteroatoms. The molecule has 3 N–H and O–H groups in total. The summed E-state index contributed by atoms with van der Waals surface area (Å²) in [6, 6.07) is 9.34. The van der Waals surface area contributed by atoms with E-state index in [2.05, 4.69) is 30.4 Å². The number of benzene rings is 1. The lowest BCUT2D eigenvalue weighted by atomic mass is 9.96. The van der Waals surface area contributed by atoms with Crippen molar-refractivity contribution in [2.75, 3.05) is 59.5 Å². The third-order valence-electron chi connectivity index (χ3n) is 7.83. The molecule has 1 aromatic heterocycles. The predicted molar refractivity (Wildman–Crippen MR) is 189 cm³/mol. The van der Waals surface area contributed by atoms with Crippen LogP contribution in [-0.2, 0) is 16.1 Å². The zero-order chi connectivity index (χ0) is 34.0. The molecule has 0 aliphatic carbocycles. The van der Waals surface area contributed by atoms with Gasteiger partial charge >= 0.3 is 0 Å². The number of hydrogen-bond donors (Lipinski definition) is 3. The molecule has 1 saturated heterocycles. The number of pyridine rings is 1. The molecule has 2 aliphatic heterocycles. The van der Waals surface area contributed by atoms with E-state index in [9.17, 15) is 9.59 Å². The zero-order valence-electron chi connectivity index (χ0n) is 27.5. The first-order valence-corrected chi connectivity index (χ1v) is 16.7. The normalized spacial score (nSPS) is 17.9. The number of aliphatic imine (C=N–C) groups is 2.